The minimum absolute atomic E-state index is 0.0470. The molecule has 0 unspecified atom stereocenters. The average Bonchev–Trinajstić information content (AvgIpc) is 3.15. The molecular weight excluding hydrogens is 408 g/mol. The second kappa shape index (κ2) is 9.66. The van der Waals surface area contributed by atoms with Crippen LogP contribution in [0.2, 0.25) is 0 Å². The summed E-state index contributed by atoms with van der Waals surface area (Å²) in [6, 6.07) is 17.7. The molecule has 0 spiro atoms. The first-order chi connectivity index (χ1) is 15.2. The van der Waals surface area contributed by atoms with Crippen LogP contribution in [-0.4, -0.2) is 34.1 Å². The van der Waals surface area contributed by atoms with E-state index in [1.807, 2.05) is 61.7 Å². The SMILES string of the molecule is CCNC(=O)c1ccc(CSc2nc3ccncc3n2Cc2cccc(OC)c2)cc1. The third kappa shape index (κ3) is 4.88. The minimum Gasteiger partial charge on any atom is -0.497 e. The molecule has 2 aromatic heterocycles. The number of thioether (sulfide) groups is 1. The van der Waals surface area contributed by atoms with Crippen LogP contribution < -0.4 is 10.1 Å². The summed E-state index contributed by atoms with van der Waals surface area (Å²) in [6.07, 6.45) is 3.62. The lowest BCUT2D eigenvalue weighted by Gasteiger charge is -2.10. The number of fused-ring (bicyclic) bond motifs is 1. The number of benzene rings is 2. The smallest absolute Gasteiger partial charge is 0.251 e. The zero-order chi connectivity index (χ0) is 21.6. The molecule has 4 rings (SSSR count). The van der Waals surface area contributed by atoms with Crippen LogP contribution in [0.3, 0.4) is 0 Å². The summed E-state index contributed by atoms with van der Waals surface area (Å²) in [7, 11) is 1.67. The first kappa shape index (κ1) is 20.9. The number of ether oxygens (including phenoxy) is 1. The van der Waals surface area contributed by atoms with Crippen molar-refractivity contribution in [3.63, 3.8) is 0 Å². The molecule has 0 aliphatic heterocycles. The van der Waals surface area contributed by atoms with Gasteiger partial charge in [0.25, 0.3) is 5.91 Å². The lowest BCUT2D eigenvalue weighted by Crippen LogP contribution is -2.22. The molecule has 2 aromatic carbocycles. The molecular formula is C24H24N4O2S. The predicted molar refractivity (Wildman–Crippen MR) is 124 cm³/mol. The third-order valence-electron chi connectivity index (χ3n) is 4.91. The predicted octanol–water partition coefficient (Wildman–Crippen LogP) is 4.53. The van der Waals surface area contributed by atoms with Crippen molar-refractivity contribution in [2.45, 2.75) is 24.4 Å². The zero-order valence-electron chi connectivity index (χ0n) is 17.5. The van der Waals surface area contributed by atoms with Gasteiger partial charge in [-0.2, -0.15) is 0 Å². The quantitative estimate of drug-likeness (QED) is 0.414. The number of amides is 1. The zero-order valence-corrected chi connectivity index (χ0v) is 18.4. The van der Waals surface area contributed by atoms with E-state index in [1.54, 1.807) is 25.1 Å². The number of pyridine rings is 1. The molecule has 4 aromatic rings. The largest absolute Gasteiger partial charge is 0.497 e. The van der Waals surface area contributed by atoms with Crippen LogP contribution in [0, 0.1) is 0 Å². The van der Waals surface area contributed by atoms with Gasteiger partial charge in [0, 0.05) is 24.1 Å². The number of rotatable bonds is 8. The van der Waals surface area contributed by atoms with Crippen molar-refractivity contribution < 1.29 is 9.53 Å². The Morgan fingerprint density at radius 3 is 2.74 bits per heavy atom. The molecule has 7 heteroatoms. The van der Waals surface area contributed by atoms with Crippen LogP contribution in [0.25, 0.3) is 11.0 Å². The topological polar surface area (TPSA) is 69.0 Å². The molecule has 1 N–H and O–H groups in total. The molecule has 0 fully saturated rings. The Morgan fingerprint density at radius 2 is 1.97 bits per heavy atom. The third-order valence-corrected chi connectivity index (χ3v) is 5.96. The highest BCUT2D eigenvalue weighted by Crippen LogP contribution is 2.28. The van der Waals surface area contributed by atoms with Gasteiger partial charge in [-0.3, -0.25) is 9.78 Å². The van der Waals surface area contributed by atoms with Crippen LogP contribution in [0.15, 0.2) is 72.1 Å². The molecule has 1 amide bonds. The number of methoxy groups -OCH3 is 1. The Hall–Kier alpha value is -3.32. The molecule has 0 aliphatic carbocycles. The molecule has 158 valence electrons. The molecule has 0 saturated carbocycles. The van der Waals surface area contributed by atoms with E-state index in [1.165, 1.54) is 0 Å². The van der Waals surface area contributed by atoms with E-state index >= 15 is 0 Å². The number of nitrogens with zero attached hydrogens (tertiary/aromatic N) is 3. The normalized spacial score (nSPS) is 10.9. The lowest BCUT2D eigenvalue weighted by molar-refractivity contribution is 0.0956. The molecule has 0 saturated heterocycles. The standard InChI is InChI=1S/C24H24N4O2S/c1-3-26-23(29)19-9-7-17(8-10-19)16-31-24-27-21-11-12-25-14-22(21)28(24)15-18-5-4-6-20(13-18)30-2/h4-14H,3,15-16H2,1-2H3,(H,26,29). The fourth-order valence-corrected chi connectivity index (χ4v) is 4.30. The Balaban J connectivity index is 1.56. The first-order valence-electron chi connectivity index (χ1n) is 10.1. The summed E-state index contributed by atoms with van der Waals surface area (Å²) in [5, 5.41) is 3.75. The van der Waals surface area contributed by atoms with Crippen LogP contribution >= 0.6 is 11.8 Å². The number of hydrogen-bond donors (Lipinski definition) is 1. The number of carbonyl (C=O) groups is 1. The van der Waals surface area contributed by atoms with Gasteiger partial charge in [-0.25, -0.2) is 4.98 Å². The monoisotopic (exact) mass is 432 g/mol. The van der Waals surface area contributed by atoms with Crippen molar-refractivity contribution >= 4 is 28.7 Å². The molecule has 31 heavy (non-hydrogen) atoms. The van der Waals surface area contributed by atoms with E-state index in [0.29, 0.717) is 18.7 Å². The summed E-state index contributed by atoms with van der Waals surface area (Å²) in [6.45, 7) is 3.21. The van der Waals surface area contributed by atoms with Crippen molar-refractivity contribution in [1.29, 1.82) is 0 Å². The highest BCUT2D eigenvalue weighted by atomic mass is 32.2. The number of carbonyl (C=O) groups excluding carboxylic acids is 1. The van der Waals surface area contributed by atoms with Crippen molar-refractivity contribution in [3.05, 3.63) is 83.7 Å². The van der Waals surface area contributed by atoms with Gasteiger partial charge in [-0.15, -0.1) is 0 Å². The van der Waals surface area contributed by atoms with Crippen molar-refractivity contribution in [2.24, 2.45) is 0 Å². The Bertz CT molecular complexity index is 1190. The fourth-order valence-electron chi connectivity index (χ4n) is 3.33. The van der Waals surface area contributed by atoms with Crippen molar-refractivity contribution in [1.82, 2.24) is 19.9 Å². The molecule has 0 bridgehead atoms. The van der Waals surface area contributed by atoms with E-state index < -0.39 is 0 Å². The lowest BCUT2D eigenvalue weighted by atomic mass is 10.1. The van der Waals surface area contributed by atoms with Gasteiger partial charge in [0.2, 0.25) is 0 Å². The summed E-state index contributed by atoms with van der Waals surface area (Å²) < 4.78 is 7.55. The molecule has 2 heterocycles. The molecule has 6 nitrogen and oxygen atoms in total. The van der Waals surface area contributed by atoms with E-state index in [2.05, 4.69) is 20.9 Å². The van der Waals surface area contributed by atoms with Gasteiger partial charge in [0.1, 0.15) is 5.75 Å². The molecule has 0 atom stereocenters. The highest BCUT2D eigenvalue weighted by Gasteiger charge is 2.13. The number of aromatic nitrogens is 3. The van der Waals surface area contributed by atoms with Gasteiger partial charge >= 0.3 is 0 Å². The maximum Gasteiger partial charge on any atom is 0.251 e. The summed E-state index contributed by atoms with van der Waals surface area (Å²) in [4.78, 5) is 21.1. The summed E-state index contributed by atoms with van der Waals surface area (Å²) in [5.41, 5.74) is 4.87. The second-order valence-electron chi connectivity index (χ2n) is 7.04. The maximum absolute atomic E-state index is 12.0. The Labute approximate surface area is 185 Å². The van der Waals surface area contributed by atoms with Gasteiger partial charge < -0.3 is 14.6 Å². The Morgan fingerprint density at radius 1 is 1.13 bits per heavy atom. The van der Waals surface area contributed by atoms with Crippen molar-refractivity contribution in [3.8, 4) is 5.75 Å². The van der Waals surface area contributed by atoms with E-state index in [0.717, 1.165) is 38.8 Å². The Kier molecular flexibility index (Phi) is 6.52. The second-order valence-corrected chi connectivity index (χ2v) is 7.98. The minimum atomic E-state index is -0.0470. The van der Waals surface area contributed by atoms with E-state index in [-0.39, 0.29) is 5.91 Å². The molecule has 0 aliphatic rings. The summed E-state index contributed by atoms with van der Waals surface area (Å²) in [5.74, 6) is 1.54. The van der Waals surface area contributed by atoms with Crippen LogP contribution in [0.1, 0.15) is 28.4 Å². The van der Waals surface area contributed by atoms with Crippen LogP contribution in [0.4, 0.5) is 0 Å². The number of imidazole rings is 1. The van der Waals surface area contributed by atoms with Gasteiger partial charge in [-0.1, -0.05) is 36.0 Å². The van der Waals surface area contributed by atoms with Gasteiger partial charge in [0.05, 0.1) is 30.9 Å². The summed E-state index contributed by atoms with van der Waals surface area (Å²) >= 11 is 1.67. The van der Waals surface area contributed by atoms with Crippen molar-refractivity contribution in [2.75, 3.05) is 13.7 Å². The van der Waals surface area contributed by atoms with Crippen LogP contribution in [0.5, 0.6) is 5.75 Å². The van der Waals surface area contributed by atoms with E-state index in [4.69, 9.17) is 9.72 Å². The molecule has 0 radical (unpaired) electrons. The number of hydrogen-bond acceptors (Lipinski definition) is 5. The van der Waals surface area contributed by atoms with E-state index in [9.17, 15) is 4.79 Å². The fraction of sp³-hybridized carbons (Fsp3) is 0.208. The van der Waals surface area contributed by atoms with Gasteiger partial charge in [-0.05, 0) is 48.4 Å². The van der Waals surface area contributed by atoms with Crippen LogP contribution in [-0.2, 0) is 12.3 Å². The first-order valence-corrected chi connectivity index (χ1v) is 11.1. The number of nitrogens with one attached hydrogen (secondary N) is 1. The van der Waals surface area contributed by atoms with Gasteiger partial charge in [0.15, 0.2) is 5.16 Å². The maximum atomic E-state index is 12.0. The average molecular weight is 433 g/mol. The highest BCUT2D eigenvalue weighted by molar-refractivity contribution is 7.98.